The lowest BCUT2D eigenvalue weighted by molar-refractivity contribution is -0.130. The van der Waals surface area contributed by atoms with Crippen LogP contribution in [0.25, 0.3) is 11.0 Å². The Bertz CT molecular complexity index is 1070. The molecule has 3 aromatic rings. The molecule has 1 atom stereocenters. The minimum atomic E-state index is 0.153. The van der Waals surface area contributed by atoms with E-state index >= 15 is 0 Å². The van der Waals surface area contributed by atoms with E-state index in [4.69, 9.17) is 9.72 Å². The molecule has 1 aliphatic carbocycles. The Hall–Kier alpha value is -2.82. The van der Waals surface area contributed by atoms with E-state index in [1.807, 2.05) is 18.2 Å². The number of fused-ring (bicyclic) bond motifs is 1. The number of ether oxygens (including phenoxy) is 1. The highest BCUT2D eigenvalue weighted by molar-refractivity contribution is 5.81. The van der Waals surface area contributed by atoms with E-state index in [0.717, 1.165) is 55.0 Å². The van der Waals surface area contributed by atoms with Gasteiger partial charge in [-0.25, -0.2) is 4.98 Å². The van der Waals surface area contributed by atoms with Crippen LogP contribution < -0.4 is 4.74 Å². The highest BCUT2D eigenvalue weighted by Crippen LogP contribution is 2.34. The number of para-hydroxylation sites is 2. The van der Waals surface area contributed by atoms with E-state index in [2.05, 4.69) is 46.7 Å². The molecule has 2 aliphatic rings. The first-order valence-electron chi connectivity index (χ1n) is 12.2. The van der Waals surface area contributed by atoms with Crippen LogP contribution in [0.15, 0.2) is 48.5 Å². The lowest BCUT2D eigenvalue weighted by atomic mass is 9.94. The number of rotatable bonds is 7. The summed E-state index contributed by atoms with van der Waals surface area (Å²) >= 11 is 0. The van der Waals surface area contributed by atoms with Gasteiger partial charge in [0.05, 0.1) is 17.6 Å². The summed E-state index contributed by atoms with van der Waals surface area (Å²) in [7, 11) is 0. The number of amides is 1. The van der Waals surface area contributed by atoms with E-state index in [9.17, 15) is 4.79 Å². The summed E-state index contributed by atoms with van der Waals surface area (Å²) in [6.45, 7) is 4.25. The number of carbonyl (C=O) groups is 1. The lowest BCUT2D eigenvalue weighted by Crippen LogP contribution is -2.37. The molecule has 0 N–H and O–H groups in total. The summed E-state index contributed by atoms with van der Waals surface area (Å²) in [4.78, 5) is 20.0. The molecule has 1 unspecified atom stereocenters. The smallest absolute Gasteiger partial charge is 0.223 e. The predicted octanol–water partition coefficient (Wildman–Crippen LogP) is 5.33. The van der Waals surface area contributed by atoms with Crippen LogP contribution in [0.1, 0.15) is 62.8 Å². The van der Waals surface area contributed by atoms with Crippen LogP contribution in [0, 0.1) is 0 Å². The van der Waals surface area contributed by atoms with Crippen molar-refractivity contribution in [3.05, 3.63) is 59.9 Å². The molecule has 5 heteroatoms. The summed E-state index contributed by atoms with van der Waals surface area (Å²) in [5.41, 5.74) is 3.43. The molecule has 1 saturated carbocycles. The molecule has 1 aromatic heterocycles. The molecule has 32 heavy (non-hydrogen) atoms. The standard InChI is InChI=1S/C27H33N3O2/c1-2-20-12-14-23(15-13-20)32-17-16-29-25-11-7-6-10-24(25)28-27(29)21-18-26(31)30(19-21)22-8-4-3-5-9-22/h6-7,10-15,21-22H,2-5,8-9,16-19H2,1H3. The third-order valence-corrected chi connectivity index (χ3v) is 7.14. The van der Waals surface area contributed by atoms with Gasteiger partial charge in [-0.3, -0.25) is 4.79 Å². The fourth-order valence-electron chi connectivity index (χ4n) is 5.37. The van der Waals surface area contributed by atoms with Gasteiger partial charge in [-0.15, -0.1) is 0 Å². The number of benzene rings is 2. The third kappa shape index (κ3) is 4.25. The number of aryl methyl sites for hydroxylation is 1. The summed E-state index contributed by atoms with van der Waals surface area (Å²) < 4.78 is 8.33. The van der Waals surface area contributed by atoms with Crippen molar-refractivity contribution in [3.63, 3.8) is 0 Å². The van der Waals surface area contributed by atoms with Gasteiger partial charge in [-0.05, 0) is 49.1 Å². The number of aromatic nitrogens is 2. The van der Waals surface area contributed by atoms with Crippen molar-refractivity contribution in [2.45, 2.75) is 70.4 Å². The van der Waals surface area contributed by atoms with Crippen LogP contribution in [0.5, 0.6) is 5.75 Å². The zero-order valence-corrected chi connectivity index (χ0v) is 19.0. The molecular weight excluding hydrogens is 398 g/mol. The van der Waals surface area contributed by atoms with Crippen molar-refractivity contribution in [3.8, 4) is 5.75 Å². The number of hydrogen-bond acceptors (Lipinski definition) is 3. The second kappa shape index (κ2) is 9.35. The molecule has 0 radical (unpaired) electrons. The number of hydrogen-bond donors (Lipinski definition) is 0. The van der Waals surface area contributed by atoms with Gasteiger partial charge in [-0.1, -0.05) is 50.5 Å². The quantitative estimate of drug-likeness (QED) is 0.508. The van der Waals surface area contributed by atoms with Crippen LogP contribution in [0.3, 0.4) is 0 Å². The molecule has 2 fully saturated rings. The van der Waals surface area contributed by atoms with Crippen LogP contribution in [0.2, 0.25) is 0 Å². The van der Waals surface area contributed by atoms with Gasteiger partial charge >= 0.3 is 0 Å². The molecule has 1 aliphatic heterocycles. The maximum absolute atomic E-state index is 12.9. The fraction of sp³-hybridized carbons (Fsp3) is 0.481. The second-order valence-electron chi connectivity index (χ2n) is 9.20. The van der Waals surface area contributed by atoms with E-state index in [1.54, 1.807) is 0 Å². The Morgan fingerprint density at radius 1 is 1.03 bits per heavy atom. The van der Waals surface area contributed by atoms with E-state index in [-0.39, 0.29) is 5.92 Å². The maximum Gasteiger partial charge on any atom is 0.223 e. The first kappa shape index (κ1) is 21.0. The van der Waals surface area contributed by atoms with Gasteiger partial charge in [0, 0.05) is 24.9 Å². The van der Waals surface area contributed by atoms with Gasteiger partial charge in [-0.2, -0.15) is 0 Å². The summed E-state index contributed by atoms with van der Waals surface area (Å²) in [5, 5.41) is 0. The molecule has 5 rings (SSSR count). The van der Waals surface area contributed by atoms with Crippen molar-refractivity contribution in [1.82, 2.24) is 14.5 Å². The minimum Gasteiger partial charge on any atom is -0.492 e. The number of imidazole rings is 1. The molecule has 1 saturated heterocycles. The topological polar surface area (TPSA) is 47.4 Å². The van der Waals surface area contributed by atoms with Crippen LogP contribution >= 0.6 is 0 Å². The summed E-state index contributed by atoms with van der Waals surface area (Å²) in [6, 6.07) is 17.0. The van der Waals surface area contributed by atoms with E-state index in [1.165, 1.54) is 24.8 Å². The highest BCUT2D eigenvalue weighted by Gasteiger charge is 2.37. The van der Waals surface area contributed by atoms with Crippen LogP contribution in [-0.4, -0.2) is 39.6 Å². The zero-order valence-electron chi connectivity index (χ0n) is 19.0. The van der Waals surface area contributed by atoms with Crippen molar-refractivity contribution >= 4 is 16.9 Å². The zero-order chi connectivity index (χ0) is 21.9. The van der Waals surface area contributed by atoms with Gasteiger partial charge in [0.15, 0.2) is 0 Å². The maximum atomic E-state index is 12.9. The molecule has 2 aromatic carbocycles. The van der Waals surface area contributed by atoms with Crippen LogP contribution in [0.4, 0.5) is 0 Å². The molecular formula is C27H33N3O2. The monoisotopic (exact) mass is 431 g/mol. The third-order valence-electron chi connectivity index (χ3n) is 7.14. The minimum absolute atomic E-state index is 0.153. The number of likely N-dealkylation sites (tertiary alicyclic amines) is 1. The first-order chi connectivity index (χ1) is 15.7. The normalized spacial score (nSPS) is 19.7. The van der Waals surface area contributed by atoms with Gasteiger partial charge < -0.3 is 14.2 Å². The Morgan fingerprint density at radius 3 is 2.59 bits per heavy atom. The summed E-state index contributed by atoms with van der Waals surface area (Å²) in [5.74, 6) is 2.38. The Balaban J connectivity index is 1.34. The van der Waals surface area contributed by atoms with Crippen molar-refractivity contribution < 1.29 is 9.53 Å². The average Bonchev–Trinajstić information content (AvgIpc) is 3.41. The van der Waals surface area contributed by atoms with Crippen molar-refractivity contribution in [2.75, 3.05) is 13.2 Å². The fourth-order valence-corrected chi connectivity index (χ4v) is 5.37. The largest absolute Gasteiger partial charge is 0.492 e. The van der Waals surface area contributed by atoms with Crippen LogP contribution in [-0.2, 0) is 17.8 Å². The van der Waals surface area contributed by atoms with E-state index < -0.39 is 0 Å². The Morgan fingerprint density at radius 2 is 1.81 bits per heavy atom. The van der Waals surface area contributed by atoms with Gasteiger partial charge in [0.1, 0.15) is 18.2 Å². The SMILES string of the molecule is CCc1ccc(OCCn2c(C3CC(=O)N(C4CCCCC4)C3)nc3ccccc32)cc1. The predicted molar refractivity (Wildman–Crippen MR) is 127 cm³/mol. The van der Waals surface area contributed by atoms with Gasteiger partial charge in [0.2, 0.25) is 5.91 Å². The average molecular weight is 432 g/mol. The molecule has 1 amide bonds. The van der Waals surface area contributed by atoms with Crippen molar-refractivity contribution in [2.24, 2.45) is 0 Å². The molecule has 2 heterocycles. The van der Waals surface area contributed by atoms with E-state index in [0.29, 0.717) is 25.0 Å². The molecule has 168 valence electrons. The van der Waals surface area contributed by atoms with Crippen molar-refractivity contribution in [1.29, 1.82) is 0 Å². The number of carbonyl (C=O) groups excluding carboxylic acids is 1. The Labute approximate surface area is 190 Å². The summed E-state index contributed by atoms with van der Waals surface area (Å²) in [6.07, 6.45) is 7.70. The molecule has 0 spiro atoms. The lowest BCUT2D eigenvalue weighted by Gasteiger charge is -2.31. The number of nitrogens with zero attached hydrogens (tertiary/aromatic N) is 3. The first-order valence-corrected chi connectivity index (χ1v) is 12.2. The molecule has 5 nitrogen and oxygen atoms in total. The Kier molecular flexibility index (Phi) is 6.15. The van der Waals surface area contributed by atoms with Gasteiger partial charge in [0.25, 0.3) is 0 Å². The second-order valence-corrected chi connectivity index (χ2v) is 9.20. The highest BCUT2D eigenvalue weighted by atomic mass is 16.5. The molecule has 0 bridgehead atoms.